The van der Waals surface area contributed by atoms with E-state index in [1.165, 1.54) is 24.0 Å². The van der Waals surface area contributed by atoms with Crippen molar-refractivity contribution in [3.05, 3.63) is 59.4 Å². The minimum atomic E-state index is 0.621. The van der Waals surface area contributed by atoms with E-state index in [4.69, 9.17) is 0 Å². The van der Waals surface area contributed by atoms with Crippen LogP contribution in [0.5, 0.6) is 0 Å². The molecule has 0 saturated heterocycles. The molecule has 2 heterocycles. The molecular weight excluding hydrogens is 280 g/mol. The molecule has 0 N–H and O–H groups in total. The Labute approximate surface area is 127 Å². The van der Waals surface area contributed by atoms with Gasteiger partial charge in [-0.05, 0) is 54.7 Å². The first-order valence-electron chi connectivity index (χ1n) is 7.07. The Morgan fingerprint density at radius 3 is 2.95 bits per heavy atom. The van der Waals surface area contributed by atoms with Gasteiger partial charge in [-0.15, -0.1) is 0 Å². The lowest BCUT2D eigenvalue weighted by atomic mass is 10.1. The third-order valence-electron chi connectivity index (χ3n) is 3.93. The molecule has 2 aromatic heterocycles. The van der Waals surface area contributed by atoms with Crippen molar-refractivity contribution in [1.82, 2.24) is 9.38 Å². The average Bonchev–Trinajstić information content (AvgIpc) is 3.10. The first kappa shape index (κ1) is 12.7. The lowest BCUT2D eigenvalue weighted by Crippen LogP contribution is -1.90. The molecule has 0 spiro atoms. The highest BCUT2D eigenvalue weighted by Gasteiger charge is 2.15. The van der Waals surface area contributed by atoms with E-state index < -0.39 is 0 Å². The highest BCUT2D eigenvalue weighted by Crippen LogP contribution is 2.33. The van der Waals surface area contributed by atoms with Gasteiger partial charge in [0, 0.05) is 11.1 Å². The number of imidazole rings is 1. The Hall–Kier alpha value is -2.07. The van der Waals surface area contributed by atoms with Crippen LogP contribution in [0.2, 0.25) is 0 Å². The number of carbonyl (C=O) groups is 1. The zero-order valence-electron chi connectivity index (χ0n) is 11.5. The van der Waals surface area contributed by atoms with Gasteiger partial charge in [-0.1, -0.05) is 23.9 Å². The van der Waals surface area contributed by atoms with Crippen LogP contribution in [0, 0.1) is 0 Å². The predicted molar refractivity (Wildman–Crippen MR) is 83.2 cm³/mol. The van der Waals surface area contributed by atoms with Gasteiger partial charge in [0.2, 0.25) is 0 Å². The predicted octanol–water partition coefficient (Wildman–Crippen LogP) is 3.79. The van der Waals surface area contributed by atoms with Gasteiger partial charge in [-0.25, -0.2) is 4.98 Å². The van der Waals surface area contributed by atoms with Crippen molar-refractivity contribution in [2.45, 2.75) is 29.2 Å². The minimum Gasteiger partial charge on any atom is -0.296 e. The fourth-order valence-electron chi connectivity index (χ4n) is 2.90. The summed E-state index contributed by atoms with van der Waals surface area (Å²) in [5.74, 6) is 0. The summed E-state index contributed by atoms with van der Waals surface area (Å²) in [7, 11) is 0. The van der Waals surface area contributed by atoms with E-state index in [1.54, 1.807) is 11.8 Å². The van der Waals surface area contributed by atoms with Crippen LogP contribution in [-0.4, -0.2) is 15.7 Å². The van der Waals surface area contributed by atoms with Crippen LogP contribution in [0.3, 0.4) is 0 Å². The summed E-state index contributed by atoms with van der Waals surface area (Å²) in [4.78, 5) is 17.1. The van der Waals surface area contributed by atoms with Crippen molar-refractivity contribution in [1.29, 1.82) is 0 Å². The molecular formula is C17H14N2OS. The van der Waals surface area contributed by atoms with Crippen molar-refractivity contribution >= 4 is 23.7 Å². The van der Waals surface area contributed by atoms with Crippen LogP contribution >= 0.6 is 11.8 Å². The molecule has 0 aliphatic heterocycles. The molecule has 0 atom stereocenters. The number of benzene rings is 1. The molecule has 0 radical (unpaired) electrons. The summed E-state index contributed by atoms with van der Waals surface area (Å²) in [6, 6.07) is 12.3. The van der Waals surface area contributed by atoms with Crippen molar-refractivity contribution < 1.29 is 4.79 Å². The van der Waals surface area contributed by atoms with Gasteiger partial charge in [0.1, 0.15) is 16.4 Å². The van der Waals surface area contributed by atoms with Crippen LogP contribution in [0.15, 0.2) is 52.5 Å². The molecule has 0 amide bonds. The molecule has 1 aliphatic rings. The van der Waals surface area contributed by atoms with Crippen LogP contribution < -0.4 is 0 Å². The van der Waals surface area contributed by atoms with E-state index in [2.05, 4.69) is 23.2 Å². The number of aromatic nitrogens is 2. The maximum absolute atomic E-state index is 11.4. The quantitative estimate of drug-likeness (QED) is 0.689. The first-order valence-corrected chi connectivity index (χ1v) is 7.89. The number of hydrogen-bond donors (Lipinski definition) is 0. The molecule has 3 aromatic rings. The monoisotopic (exact) mass is 294 g/mol. The highest BCUT2D eigenvalue weighted by molar-refractivity contribution is 7.99. The third kappa shape index (κ3) is 2.16. The van der Waals surface area contributed by atoms with E-state index in [0.717, 1.165) is 28.3 Å². The molecule has 0 fully saturated rings. The summed E-state index contributed by atoms with van der Waals surface area (Å²) in [5, 5.41) is 0.772. The standard InChI is InChI=1S/C17H14N2OS/c20-11-15-17(18-16-6-1-2-9-19(15)16)21-14-8-7-12-4-3-5-13(12)10-14/h1-2,6-11H,3-5H2. The Morgan fingerprint density at radius 2 is 2.05 bits per heavy atom. The third-order valence-corrected chi connectivity index (χ3v) is 4.91. The zero-order chi connectivity index (χ0) is 14.2. The molecule has 4 rings (SSSR count). The van der Waals surface area contributed by atoms with Crippen molar-refractivity contribution in [2.24, 2.45) is 0 Å². The smallest absolute Gasteiger partial charge is 0.169 e. The second kappa shape index (κ2) is 5.04. The van der Waals surface area contributed by atoms with Gasteiger partial charge >= 0.3 is 0 Å². The van der Waals surface area contributed by atoms with Gasteiger partial charge in [0.25, 0.3) is 0 Å². The maximum Gasteiger partial charge on any atom is 0.169 e. The molecule has 3 nitrogen and oxygen atoms in total. The Bertz CT molecular complexity index is 838. The van der Waals surface area contributed by atoms with Crippen molar-refractivity contribution in [2.75, 3.05) is 0 Å². The number of aryl methyl sites for hydroxylation is 2. The molecule has 1 aliphatic carbocycles. The second-order valence-electron chi connectivity index (χ2n) is 5.24. The van der Waals surface area contributed by atoms with E-state index in [9.17, 15) is 4.79 Å². The van der Waals surface area contributed by atoms with Gasteiger partial charge in [0.05, 0.1) is 0 Å². The second-order valence-corrected chi connectivity index (χ2v) is 6.30. The summed E-state index contributed by atoms with van der Waals surface area (Å²) >= 11 is 1.57. The summed E-state index contributed by atoms with van der Waals surface area (Å²) < 4.78 is 1.84. The van der Waals surface area contributed by atoms with Crippen LogP contribution in [0.1, 0.15) is 28.0 Å². The molecule has 4 heteroatoms. The molecule has 0 saturated carbocycles. The molecule has 0 bridgehead atoms. The van der Waals surface area contributed by atoms with E-state index in [0.29, 0.717) is 5.69 Å². The largest absolute Gasteiger partial charge is 0.296 e. The van der Waals surface area contributed by atoms with Gasteiger partial charge in [-0.2, -0.15) is 0 Å². The number of fused-ring (bicyclic) bond motifs is 2. The first-order chi connectivity index (χ1) is 10.3. The number of nitrogens with zero attached hydrogens (tertiary/aromatic N) is 2. The SMILES string of the molecule is O=Cc1c(Sc2ccc3c(c2)CCC3)nc2ccccn12. The van der Waals surface area contributed by atoms with Gasteiger partial charge < -0.3 is 0 Å². The molecule has 0 unspecified atom stereocenters. The van der Waals surface area contributed by atoms with Gasteiger partial charge in [-0.3, -0.25) is 9.20 Å². The van der Waals surface area contributed by atoms with Crippen LogP contribution in [0.25, 0.3) is 5.65 Å². The number of hydrogen-bond acceptors (Lipinski definition) is 3. The number of aldehydes is 1. The summed E-state index contributed by atoms with van der Waals surface area (Å²) in [6.07, 6.45) is 6.36. The van der Waals surface area contributed by atoms with E-state index >= 15 is 0 Å². The van der Waals surface area contributed by atoms with E-state index in [-0.39, 0.29) is 0 Å². The fourth-order valence-corrected chi connectivity index (χ4v) is 3.85. The molecule has 1 aromatic carbocycles. The zero-order valence-corrected chi connectivity index (χ0v) is 12.3. The molecule has 21 heavy (non-hydrogen) atoms. The van der Waals surface area contributed by atoms with Gasteiger partial charge in [0.15, 0.2) is 6.29 Å². The Kier molecular flexibility index (Phi) is 3.04. The number of carbonyl (C=O) groups excluding carboxylic acids is 1. The van der Waals surface area contributed by atoms with Crippen molar-refractivity contribution in [3.8, 4) is 0 Å². The van der Waals surface area contributed by atoms with Crippen LogP contribution in [-0.2, 0) is 12.8 Å². The number of rotatable bonds is 3. The lowest BCUT2D eigenvalue weighted by Gasteiger charge is -2.03. The minimum absolute atomic E-state index is 0.621. The van der Waals surface area contributed by atoms with E-state index in [1.807, 2.05) is 28.8 Å². The Morgan fingerprint density at radius 1 is 1.14 bits per heavy atom. The molecule has 104 valence electrons. The normalized spacial score (nSPS) is 13.5. The number of pyridine rings is 1. The lowest BCUT2D eigenvalue weighted by molar-refractivity contribution is 0.111. The van der Waals surface area contributed by atoms with Crippen molar-refractivity contribution in [3.63, 3.8) is 0 Å². The Balaban J connectivity index is 1.75. The summed E-state index contributed by atoms with van der Waals surface area (Å²) in [5.41, 5.74) is 4.33. The summed E-state index contributed by atoms with van der Waals surface area (Å²) in [6.45, 7) is 0. The van der Waals surface area contributed by atoms with Crippen LogP contribution in [0.4, 0.5) is 0 Å². The highest BCUT2D eigenvalue weighted by atomic mass is 32.2. The fraction of sp³-hybridized carbons (Fsp3) is 0.176. The average molecular weight is 294 g/mol. The maximum atomic E-state index is 11.4. The topological polar surface area (TPSA) is 34.4 Å².